The van der Waals surface area contributed by atoms with E-state index in [1.165, 1.54) is 32.9 Å². The molecule has 108 valence electrons. The number of aryl methyl sites for hydroxylation is 3. The Bertz CT molecular complexity index is 537. The van der Waals surface area contributed by atoms with Gasteiger partial charge in [0.15, 0.2) is 0 Å². The third-order valence-corrected chi connectivity index (χ3v) is 4.96. The lowest BCUT2D eigenvalue weighted by Gasteiger charge is -2.17. The topological polar surface area (TPSA) is 12.0 Å². The van der Waals surface area contributed by atoms with Crippen molar-refractivity contribution in [3.05, 3.63) is 56.8 Å². The molecule has 1 heterocycles. The van der Waals surface area contributed by atoms with Gasteiger partial charge in [-0.3, -0.25) is 0 Å². The molecule has 0 spiro atoms. The highest BCUT2D eigenvalue weighted by molar-refractivity contribution is 7.12. The highest BCUT2D eigenvalue weighted by atomic mass is 32.1. The Morgan fingerprint density at radius 3 is 2.55 bits per heavy atom. The van der Waals surface area contributed by atoms with E-state index < -0.39 is 0 Å². The Hall–Kier alpha value is -1.12. The Morgan fingerprint density at radius 2 is 1.95 bits per heavy atom. The fourth-order valence-electron chi connectivity index (χ4n) is 2.44. The zero-order valence-electron chi connectivity index (χ0n) is 13.0. The minimum absolute atomic E-state index is 0.439. The highest BCUT2D eigenvalue weighted by Crippen LogP contribution is 2.29. The van der Waals surface area contributed by atoms with Crippen LogP contribution >= 0.6 is 11.3 Å². The molecule has 0 saturated heterocycles. The zero-order chi connectivity index (χ0) is 14.5. The molecule has 1 unspecified atom stereocenters. The van der Waals surface area contributed by atoms with Gasteiger partial charge >= 0.3 is 0 Å². The predicted octanol–water partition coefficient (Wildman–Crippen LogP) is 4.96. The molecule has 0 amide bonds. The monoisotopic (exact) mass is 287 g/mol. The molecule has 1 aromatic heterocycles. The molecular formula is C18H25NS. The van der Waals surface area contributed by atoms with Crippen molar-refractivity contribution in [1.29, 1.82) is 0 Å². The van der Waals surface area contributed by atoms with Gasteiger partial charge in [-0.25, -0.2) is 0 Å². The largest absolute Gasteiger partial charge is 0.309 e. The summed E-state index contributed by atoms with van der Waals surface area (Å²) in [5.41, 5.74) is 4.18. The summed E-state index contributed by atoms with van der Waals surface area (Å²) in [5, 5.41) is 3.70. The summed E-state index contributed by atoms with van der Waals surface area (Å²) in [5.74, 6) is 0. The van der Waals surface area contributed by atoms with E-state index in [2.05, 4.69) is 63.3 Å². The lowest BCUT2D eigenvalue weighted by molar-refractivity contribution is 0.536. The van der Waals surface area contributed by atoms with Crippen LogP contribution in [-0.2, 0) is 6.42 Å². The summed E-state index contributed by atoms with van der Waals surface area (Å²) in [6.07, 6.45) is 2.24. The van der Waals surface area contributed by atoms with Gasteiger partial charge in [0.25, 0.3) is 0 Å². The first-order valence-corrected chi connectivity index (χ1v) is 8.27. The van der Waals surface area contributed by atoms with E-state index in [1.54, 1.807) is 0 Å². The van der Waals surface area contributed by atoms with Crippen LogP contribution in [0.3, 0.4) is 0 Å². The van der Waals surface area contributed by atoms with Crippen LogP contribution in [0, 0.1) is 20.8 Å². The Labute approximate surface area is 127 Å². The van der Waals surface area contributed by atoms with E-state index in [1.807, 2.05) is 11.3 Å². The molecular weight excluding hydrogens is 262 g/mol. The van der Waals surface area contributed by atoms with Crippen LogP contribution in [0.2, 0.25) is 0 Å². The summed E-state index contributed by atoms with van der Waals surface area (Å²) in [7, 11) is 0. The van der Waals surface area contributed by atoms with Gasteiger partial charge in [-0.1, -0.05) is 36.8 Å². The maximum Gasteiger partial charge on any atom is 0.0455 e. The van der Waals surface area contributed by atoms with E-state index in [0.717, 1.165) is 13.0 Å². The molecule has 0 aliphatic heterocycles. The van der Waals surface area contributed by atoms with Gasteiger partial charge in [0.05, 0.1) is 0 Å². The van der Waals surface area contributed by atoms with Crippen LogP contribution in [0.5, 0.6) is 0 Å². The van der Waals surface area contributed by atoms with Crippen molar-refractivity contribution in [2.24, 2.45) is 0 Å². The van der Waals surface area contributed by atoms with Gasteiger partial charge in [-0.05, 0) is 57.4 Å². The Kier molecular flexibility index (Phi) is 5.38. The molecule has 1 aromatic carbocycles. The van der Waals surface area contributed by atoms with E-state index in [0.29, 0.717) is 6.04 Å². The third kappa shape index (κ3) is 3.94. The average molecular weight is 287 g/mol. The van der Waals surface area contributed by atoms with Crippen molar-refractivity contribution < 1.29 is 0 Å². The Balaban J connectivity index is 2.19. The van der Waals surface area contributed by atoms with Crippen LogP contribution in [0.25, 0.3) is 0 Å². The van der Waals surface area contributed by atoms with E-state index in [9.17, 15) is 0 Å². The van der Waals surface area contributed by atoms with Gasteiger partial charge in [-0.15, -0.1) is 11.3 Å². The van der Waals surface area contributed by atoms with Gasteiger partial charge in [0.2, 0.25) is 0 Å². The summed E-state index contributed by atoms with van der Waals surface area (Å²) in [6, 6.07) is 11.6. The molecule has 0 bridgehead atoms. The summed E-state index contributed by atoms with van der Waals surface area (Å²) >= 11 is 1.93. The second-order valence-electron chi connectivity index (χ2n) is 5.59. The zero-order valence-corrected chi connectivity index (χ0v) is 13.8. The van der Waals surface area contributed by atoms with Crippen molar-refractivity contribution in [3.63, 3.8) is 0 Å². The molecule has 0 fully saturated rings. The molecule has 1 N–H and O–H groups in total. The van der Waals surface area contributed by atoms with Crippen LogP contribution in [-0.4, -0.2) is 6.54 Å². The van der Waals surface area contributed by atoms with Gasteiger partial charge < -0.3 is 5.32 Å². The molecule has 1 atom stereocenters. The van der Waals surface area contributed by atoms with E-state index in [4.69, 9.17) is 0 Å². The van der Waals surface area contributed by atoms with Crippen molar-refractivity contribution in [2.45, 2.75) is 46.6 Å². The highest BCUT2D eigenvalue weighted by Gasteiger charge is 2.15. The predicted molar refractivity (Wildman–Crippen MR) is 89.7 cm³/mol. The number of benzene rings is 1. The lowest BCUT2D eigenvalue weighted by Crippen LogP contribution is -2.23. The van der Waals surface area contributed by atoms with Crippen LogP contribution in [0.15, 0.2) is 30.3 Å². The first-order valence-electron chi connectivity index (χ1n) is 7.46. The maximum absolute atomic E-state index is 3.70. The van der Waals surface area contributed by atoms with Crippen LogP contribution in [0.4, 0.5) is 0 Å². The van der Waals surface area contributed by atoms with Crippen LogP contribution in [0.1, 0.15) is 45.8 Å². The van der Waals surface area contributed by atoms with Crippen molar-refractivity contribution in [2.75, 3.05) is 6.54 Å². The summed E-state index contributed by atoms with van der Waals surface area (Å²) in [4.78, 5) is 2.91. The smallest absolute Gasteiger partial charge is 0.0455 e. The molecule has 20 heavy (non-hydrogen) atoms. The number of nitrogens with one attached hydrogen (secondary N) is 1. The van der Waals surface area contributed by atoms with Crippen molar-refractivity contribution in [1.82, 2.24) is 5.32 Å². The van der Waals surface area contributed by atoms with Gasteiger partial charge in [-0.2, -0.15) is 0 Å². The lowest BCUT2D eigenvalue weighted by atomic mass is 10.0. The molecule has 2 aromatic rings. The second kappa shape index (κ2) is 7.05. The molecule has 0 radical (unpaired) electrons. The number of rotatable bonds is 6. The quantitative estimate of drug-likeness (QED) is 0.792. The minimum Gasteiger partial charge on any atom is -0.309 e. The Morgan fingerprint density at radius 1 is 1.15 bits per heavy atom. The third-order valence-electron chi connectivity index (χ3n) is 3.69. The second-order valence-corrected chi connectivity index (χ2v) is 6.88. The average Bonchev–Trinajstić information content (AvgIpc) is 2.74. The molecule has 0 aliphatic carbocycles. The fourth-order valence-corrected chi connectivity index (χ4v) is 3.56. The minimum atomic E-state index is 0.439. The van der Waals surface area contributed by atoms with E-state index in [-0.39, 0.29) is 0 Å². The molecule has 2 rings (SSSR count). The number of hydrogen-bond donors (Lipinski definition) is 1. The normalized spacial score (nSPS) is 12.6. The first-order chi connectivity index (χ1) is 9.60. The van der Waals surface area contributed by atoms with Crippen LogP contribution < -0.4 is 5.32 Å². The van der Waals surface area contributed by atoms with Gasteiger partial charge in [0.1, 0.15) is 0 Å². The maximum atomic E-state index is 3.70. The first kappa shape index (κ1) is 15.3. The molecule has 0 saturated carbocycles. The summed E-state index contributed by atoms with van der Waals surface area (Å²) < 4.78 is 0. The van der Waals surface area contributed by atoms with Crippen molar-refractivity contribution >= 4 is 11.3 Å². The number of thiophene rings is 1. The van der Waals surface area contributed by atoms with Gasteiger partial charge in [0, 0.05) is 15.8 Å². The fraction of sp³-hybridized carbons (Fsp3) is 0.444. The molecule has 0 aliphatic rings. The molecule has 1 nitrogen and oxygen atoms in total. The van der Waals surface area contributed by atoms with Crippen molar-refractivity contribution in [3.8, 4) is 0 Å². The SMILES string of the molecule is CCCNC(Cc1cccc(C)c1)c1cc(C)c(C)s1. The number of hydrogen-bond acceptors (Lipinski definition) is 2. The van der Waals surface area contributed by atoms with E-state index >= 15 is 0 Å². The molecule has 2 heteroatoms. The standard InChI is InChI=1S/C18H25NS/c1-5-9-19-17(18-11-14(3)15(4)20-18)12-16-8-6-7-13(2)10-16/h6-8,10-11,17,19H,5,9,12H2,1-4H3. The summed E-state index contributed by atoms with van der Waals surface area (Å²) in [6.45, 7) is 9.89.